The van der Waals surface area contributed by atoms with Gasteiger partial charge in [0.2, 0.25) is 5.91 Å². The number of carbonyl (C=O) groups excluding carboxylic acids is 1. The minimum absolute atomic E-state index is 0.186. The Labute approximate surface area is 400 Å². The first kappa shape index (κ1) is 59.8. The van der Waals surface area contributed by atoms with Gasteiger partial charge in [-0.1, -0.05) is 142 Å². The van der Waals surface area contributed by atoms with E-state index in [0.29, 0.717) is 19.3 Å². The topological polar surface area (TPSA) is 228 Å². The molecule has 2 aliphatic heterocycles. The van der Waals surface area contributed by atoms with Crippen LogP contribution in [0.3, 0.4) is 0 Å². The van der Waals surface area contributed by atoms with E-state index in [4.69, 9.17) is 18.9 Å². The molecular formula is C53H85NO13. The Morgan fingerprint density at radius 3 is 1.61 bits per heavy atom. The summed E-state index contributed by atoms with van der Waals surface area (Å²) in [6.07, 6.45) is 35.8. The van der Waals surface area contributed by atoms with E-state index in [2.05, 4.69) is 110 Å². The molecule has 0 aromatic carbocycles. The SMILES string of the molecule is CC/C=C\C/C=C\C/C=C\C/C=C\C/C=C\C/C=C\C/C=C\CCCC(=O)NC(COC1OC(CO)C(OC2OC(CO)C(O)C(O)C2O)C(O)C1O)C(O)/C=C/CC/C=C/CCCCCC. The van der Waals surface area contributed by atoms with Gasteiger partial charge >= 0.3 is 0 Å². The summed E-state index contributed by atoms with van der Waals surface area (Å²) >= 11 is 0. The van der Waals surface area contributed by atoms with Gasteiger partial charge in [-0.05, 0) is 83.5 Å². The van der Waals surface area contributed by atoms with Crippen LogP contribution < -0.4 is 5.32 Å². The highest BCUT2D eigenvalue weighted by Gasteiger charge is 2.51. The molecule has 2 saturated heterocycles. The fraction of sp³-hybridized carbons (Fsp3) is 0.642. The summed E-state index contributed by atoms with van der Waals surface area (Å²) in [5.41, 5.74) is 0. The quantitative estimate of drug-likeness (QED) is 0.0257. The molecular weight excluding hydrogens is 859 g/mol. The van der Waals surface area contributed by atoms with Crippen molar-refractivity contribution in [1.82, 2.24) is 5.32 Å². The van der Waals surface area contributed by atoms with Crippen LogP contribution in [0.5, 0.6) is 0 Å². The lowest BCUT2D eigenvalue weighted by molar-refractivity contribution is -0.359. The fourth-order valence-corrected chi connectivity index (χ4v) is 7.17. The number of ether oxygens (including phenoxy) is 4. The highest BCUT2D eigenvalue weighted by Crippen LogP contribution is 2.30. The van der Waals surface area contributed by atoms with E-state index in [1.165, 1.54) is 19.3 Å². The molecule has 0 radical (unpaired) electrons. The number of aliphatic hydroxyl groups is 8. The van der Waals surface area contributed by atoms with Crippen LogP contribution in [0.15, 0.2) is 109 Å². The Bertz CT molecular complexity index is 1540. The fourth-order valence-electron chi connectivity index (χ4n) is 7.17. The molecule has 0 saturated carbocycles. The summed E-state index contributed by atoms with van der Waals surface area (Å²) in [5.74, 6) is -0.316. The average Bonchev–Trinajstić information content (AvgIpc) is 3.32. The van der Waals surface area contributed by atoms with E-state index in [-0.39, 0.29) is 18.9 Å². The summed E-state index contributed by atoms with van der Waals surface area (Å²) in [4.78, 5) is 13.1. The van der Waals surface area contributed by atoms with Gasteiger partial charge in [-0.25, -0.2) is 0 Å². The molecule has 2 fully saturated rings. The standard InChI is InChI=1S/C53H85NO13/c1-3-5-7-9-11-13-15-16-17-18-19-20-21-22-23-24-25-26-27-29-31-33-35-37-45(58)54-41(42(57)36-34-32-30-28-14-12-10-8-6-4-2)40-64-52-50(63)48(61)51(44(39-56)66-52)67-53-49(62)47(60)46(59)43(38-55)65-53/h5,7,11,13-14,16-17,19-20,22-23,25-26,28-29,31,34,36,41-44,46-53,55-57,59-63H,3-4,6,8-10,12,15,18,21,24,27,30,32-33,35,37-40H2,1-2H3,(H,54,58)/b7-5-,13-11-,17-16-,20-19-,23-22-,26-25-,28-14+,31-29-,36-34+. The molecule has 14 heteroatoms. The van der Waals surface area contributed by atoms with Crippen LogP contribution in [0.25, 0.3) is 0 Å². The van der Waals surface area contributed by atoms with Gasteiger partial charge in [0.05, 0.1) is 32.0 Å². The third-order valence-electron chi connectivity index (χ3n) is 11.2. The van der Waals surface area contributed by atoms with Gasteiger partial charge in [-0.15, -0.1) is 0 Å². The highest BCUT2D eigenvalue weighted by atomic mass is 16.7. The lowest BCUT2D eigenvalue weighted by Gasteiger charge is -2.46. The Morgan fingerprint density at radius 2 is 1.04 bits per heavy atom. The number of amides is 1. The van der Waals surface area contributed by atoms with Crippen molar-refractivity contribution in [3.05, 3.63) is 109 Å². The minimum Gasteiger partial charge on any atom is -0.394 e. The van der Waals surface area contributed by atoms with Gasteiger partial charge in [0.1, 0.15) is 48.8 Å². The van der Waals surface area contributed by atoms with Crippen molar-refractivity contribution in [1.29, 1.82) is 0 Å². The number of carbonyl (C=O) groups is 1. The number of hydrogen-bond donors (Lipinski definition) is 9. The van der Waals surface area contributed by atoms with Crippen molar-refractivity contribution in [2.75, 3.05) is 19.8 Å². The zero-order chi connectivity index (χ0) is 48.9. The second-order valence-corrected chi connectivity index (χ2v) is 16.8. The normalized spacial score (nSPS) is 27.6. The Morgan fingerprint density at radius 1 is 0.552 bits per heavy atom. The van der Waals surface area contributed by atoms with Gasteiger partial charge < -0.3 is 65.1 Å². The van der Waals surface area contributed by atoms with Gasteiger partial charge in [0.15, 0.2) is 12.6 Å². The van der Waals surface area contributed by atoms with E-state index in [0.717, 1.165) is 64.2 Å². The number of nitrogens with one attached hydrogen (secondary N) is 1. The zero-order valence-corrected chi connectivity index (χ0v) is 40.1. The van der Waals surface area contributed by atoms with Crippen LogP contribution in [0, 0.1) is 0 Å². The molecule has 0 aliphatic carbocycles. The van der Waals surface area contributed by atoms with Crippen molar-refractivity contribution in [3.63, 3.8) is 0 Å². The van der Waals surface area contributed by atoms with E-state index in [9.17, 15) is 45.6 Å². The number of unbranched alkanes of at least 4 members (excludes halogenated alkanes) is 6. The molecule has 0 spiro atoms. The Kier molecular flexibility index (Phi) is 34.3. The molecule has 2 aliphatic rings. The van der Waals surface area contributed by atoms with Crippen LogP contribution in [-0.4, -0.2) is 140 Å². The van der Waals surface area contributed by atoms with Crippen molar-refractivity contribution in [2.45, 2.75) is 197 Å². The Balaban J connectivity index is 1.86. The van der Waals surface area contributed by atoms with E-state index < -0.39 is 86.8 Å². The van der Waals surface area contributed by atoms with Gasteiger partial charge in [0.25, 0.3) is 0 Å². The first-order chi connectivity index (χ1) is 32.6. The average molecular weight is 944 g/mol. The monoisotopic (exact) mass is 944 g/mol. The molecule has 0 aromatic rings. The smallest absolute Gasteiger partial charge is 0.220 e. The molecule has 1 amide bonds. The third kappa shape index (κ3) is 25.7. The summed E-state index contributed by atoms with van der Waals surface area (Å²) in [7, 11) is 0. The zero-order valence-electron chi connectivity index (χ0n) is 40.1. The van der Waals surface area contributed by atoms with Gasteiger partial charge in [0, 0.05) is 6.42 Å². The van der Waals surface area contributed by atoms with E-state index >= 15 is 0 Å². The summed E-state index contributed by atoms with van der Waals surface area (Å²) in [6, 6.07) is -0.967. The molecule has 2 heterocycles. The molecule has 0 aromatic heterocycles. The number of allylic oxidation sites excluding steroid dienone is 17. The molecule has 14 nitrogen and oxygen atoms in total. The molecule has 380 valence electrons. The first-order valence-electron chi connectivity index (χ1n) is 24.6. The predicted molar refractivity (Wildman–Crippen MR) is 262 cm³/mol. The highest BCUT2D eigenvalue weighted by molar-refractivity contribution is 5.76. The number of rotatable bonds is 35. The summed E-state index contributed by atoms with van der Waals surface area (Å²) in [5, 5.41) is 86.5. The summed E-state index contributed by atoms with van der Waals surface area (Å²) < 4.78 is 22.6. The molecule has 9 N–H and O–H groups in total. The first-order valence-corrected chi connectivity index (χ1v) is 24.6. The van der Waals surface area contributed by atoms with Crippen LogP contribution in [-0.2, 0) is 23.7 Å². The predicted octanol–water partition coefficient (Wildman–Crippen LogP) is 6.15. The maximum Gasteiger partial charge on any atom is 0.220 e. The van der Waals surface area contributed by atoms with Crippen molar-refractivity contribution < 1.29 is 64.6 Å². The van der Waals surface area contributed by atoms with Crippen LogP contribution in [0.2, 0.25) is 0 Å². The number of aliphatic hydroxyl groups excluding tert-OH is 8. The third-order valence-corrected chi connectivity index (χ3v) is 11.2. The summed E-state index contributed by atoms with van der Waals surface area (Å²) in [6.45, 7) is 2.53. The molecule has 0 bridgehead atoms. The van der Waals surface area contributed by atoms with E-state index in [1.54, 1.807) is 6.08 Å². The van der Waals surface area contributed by atoms with Crippen molar-refractivity contribution in [2.24, 2.45) is 0 Å². The maximum absolute atomic E-state index is 13.1. The Hall–Kier alpha value is -3.35. The number of hydrogen-bond acceptors (Lipinski definition) is 13. The molecule has 67 heavy (non-hydrogen) atoms. The lowest BCUT2D eigenvalue weighted by Crippen LogP contribution is -2.65. The maximum atomic E-state index is 13.1. The lowest BCUT2D eigenvalue weighted by atomic mass is 9.97. The van der Waals surface area contributed by atoms with Crippen molar-refractivity contribution in [3.8, 4) is 0 Å². The molecule has 12 unspecified atom stereocenters. The van der Waals surface area contributed by atoms with Crippen LogP contribution in [0.4, 0.5) is 0 Å². The second-order valence-electron chi connectivity index (χ2n) is 16.8. The minimum atomic E-state index is -1.80. The second kappa shape index (κ2) is 38.5. The molecule has 12 atom stereocenters. The van der Waals surface area contributed by atoms with Crippen LogP contribution >= 0.6 is 0 Å². The van der Waals surface area contributed by atoms with Crippen molar-refractivity contribution >= 4 is 5.91 Å². The van der Waals surface area contributed by atoms with Crippen LogP contribution in [0.1, 0.15) is 123 Å². The van der Waals surface area contributed by atoms with Gasteiger partial charge in [-0.2, -0.15) is 0 Å². The van der Waals surface area contributed by atoms with E-state index in [1.807, 2.05) is 12.2 Å². The van der Waals surface area contributed by atoms with Gasteiger partial charge in [-0.3, -0.25) is 4.79 Å². The largest absolute Gasteiger partial charge is 0.394 e. The molecule has 2 rings (SSSR count).